The highest BCUT2D eigenvalue weighted by Crippen LogP contribution is 2.22. The summed E-state index contributed by atoms with van der Waals surface area (Å²) in [4.78, 5) is 11.3. The van der Waals surface area contributed by atoms with Crippen LogP contribution in [0.25, 0.3) is 0 Å². The molecule has 4 N–H and O–H groups in total. The molecular weight excluding hydrogens is 338 g/mol. The lowest BCUT2D eigenvalue weighted by molar-refractivity contribution is -0.270. The van der Waals surface area contributed by atoms with Crippen LogP contribution in [0.5, 0.6) is 0 Å². The highest BCUT2D eigenvalue weighted by molar-refractivity contribution is 5.73. The van der Waals surface area contributed by atoms with Crippen LogP contribution in [0.15, 0.2) is 12.2 Å². The topological polar surface area (TPSA) is 108 Å². The molecule has 152 valence electrons. The minimum Gasteiger partial charge on any atom is -0.394 e. The third-order valence-corrected chi connectivity index (χ3v) is 4.53. The van der Waals surface area contributed by atoms with Crippen molar-refractivity contribution in [3.8, 4) is 0 Å². The molecule has 1 aliphatic heterocycles. The summed E-state index contributed by atoms with van der Waals surface area (Å²) in [5, 5.41) is 31.9. The van der Waals surface area contributed by atoms with E-state index in [1.165, 1.54) is 26.2 Å². The monoisotopic (exact) mass is 373 g/mol. The van der Waals surface area contributed by atoms with Crippen LogP contribution in [0.1, 0.15) is 58.8 Å². The predicted molar refractivity (Wildman–Crippen MR) is 98.5 cm³/mol. The summed E-state index contributed by atoms with van der Waals surface area (Å²) in [6.07, 6.45) is 7.72. The number of unbranched alkanes of at least 4 members (excludes halogenated alkanes) is 6. The number of carbonyl (C=O) groups is 1. The van der Waals surface area contributed by atoms with Crippen LogP contribution in [0, 0.1) is 0 Å². The first-order chi connectivity index (χ1) is 12.5. The van der Waals surface area contributed by atoms with Gasteiger partial charge >= 0.3 is 0 Å². The van der Waals surface area contributed by atoms with Crippen LogP contribution >= 0.6 is 0 Å². The van der Waals surface area contributed by atoms with Crippen LogP contribution in [0.3, 0.4) is 0 Å². The third-order valence-electron chi connectivity index (χ3n) is 4.53. The Bertz CT molecular complexity index is 417. The van der Waals surface area contributed by atoms with Crippen molar-refractivity contribution >= 4 is 5.91 Å². The number of ether oxygens (including phenoxy) is 2. The number of hydrogen-bond acceptors (Lipinski definition) is 6. The van der Waals surface area contributed by atoms with Crippen molar-refractivity contribution in [2.24, 2.45) is 0 Å². The largest absolute Gasteiger partial charge is 0.394 e. The molecule has 1 amide bonds. The van der Waals surface area contributed by atoms with Crippen molar-refractivity contribution in [2.45, 2.75) is 89.4 Å². The Balaban J connectivity index is 2.29. The zero-order chi connectivity index (χ0) is 19.4. The standard InChI is InChI=1S/C19H35NO6/c1-3-4-5-6-7-8-9-10-11-12-25-19-16(20-14(2)22)18(24)17(23)15(13-21)26-19/h3-4,15-19,21,23-24H,5-13H2,1-2H3,(H,20,22)/b4-3-/t15-,16-,17-,18-,19+/m1/s1. The fourth-order valence-corrected chi connectivity index (χ4v) is 3.05. The molecule has 1 rings (SSSR count). The van der Waals surface area contributed by atoms with E-state index in [-0.39, 0.29) is 5.91 Å². The highest BCUT2D eigenvalue weighted by atomic mass is 16.7. The SMILES string of the molecule is C/C=C\CCCCCCCCO[C@H]1O[C@H](CO)[C@@H](O)[C@H](O)[C@H]1NC(C)=O. The fourth-order valence-electron chi connectivity index (χ4n) is 3.05. The Morgan fingerprint density at radius 1 is 1.12 bits per heavy atom. The van der Waals surface area contributed by atoms with Crippen molar-refractivity contribution < 1.29 is 29.6 Å². The van der Waals surface area contributed by atoms with E-state index in [4.69, 9.17) is 9.47 Å². The molecule has 1 fully saturated rings. The molecule has 1 saturated heterocycles. The first kappa shape index (κ1) is 23.0. The number of carbonyl (C=O) groups excluding carboxylic acids is 1. The number of nitrogens with one attached hydrogen (secondary N) is 1. The Labute approximate surface area is 156 Å². The fraction of sp³-hybridized carbons (Fsp3) is 0.842. The van der Waals surface area contributed by atoms with Gasteiger partial charge in [0, 0.05) is 13.5 Å². The number of hydrogen-bond donors (Lipinski definition) is 4. The molecule has 0 radical (unpaired) electrons. The molecule has 1 aliphatic rings. The maximum atomic E-state index is 11.3. The summed E-state index contributed by atoms with van der Waals surface area (Å²) < 4.78 is 11.2. The zero-order valence-electron chi connectivity index (χ0n) is 16.0. The molecule has 26 heavy (non-hydrogen) atoms. The van der Waals surface area contributed by atoms with E-state index in [1.807, 2.05) is 6.92 Å². The van der Waals surface area contributed by atoms with E-state index >= 15 is 0 Å². The molecule has 7 heteroatoms. The van der Waals surface area contributed by atoms with Gasteiger partial charge in [-0.05, 0) is 26.2 Å². The first-order valence-corrected chi connectivity index (χ1v) is 9.63. The quantitative estimate of drug-likeness (QED) is 0.303. The summed E-state index contributed by atoms with van der Waals surface area (Å²) in [5.41, 5.74) is 0. The van der Waals surface area contributed by atoms with E-state index in [9.17, 15) is 20.1 Å². The lowest BCUT2D eigenvalue weighted by Crippen LogP contribution is -2.64. The minimum absolute atomic E-state index is 0.348. The number of amides is 1. The van der Waals surface area contributed by atoms with E-state index in [0.717, 1.165) is 25.7 Å². The maximum Gasteiger partial charge on any atom is 0.217 e. The predicted octanol–water partition coefficient (Wildman–Crippen LogP) is 1.25. The second-order valence-corrected chi connectivity index (χ2v) is 6.78. The van der Waals surface area contributed by atoms with Crippen molar-refractivity contribution in [3.05, 3.63) is 12.2 Å². The average molecular weight is 373 g/mol. The molecule has 0 bridgehead atoms. The lowest BCUT2D eigenvalue weighted by atomic mass is 9.97. The molecule has 0 aromatic rings. The molecule has 0 aromatic heterocycles. The van der Waals surface area contributed by atoms with E-state index in [1.54, 1.807) is 0 Å². The van der Waals surface area contributed by atoms with Crippen molar-refractivity contribution in [2.75, 3.05) is 13.2 Å². The average Bonchev–Trinajstić information content (AvgIpc) is 2.62. The molecule has 0 unspecified atom stereocenters. The molecule has 1 heterocycles. The number of aliphatic hydroxyl groups excluding tert-OH is 3. The Morgan fingerprint density at radius 3 is 2.38 bits per heavy atom. The summed E-state index contributed by atoms with van der Waals surface area (Å²) in [6.45, 7) is 3.36. The van der Waals surface area contributed by atoms with Gasteiger partial charge in [0.05, 0.1) is 6.61 Å². The van der Waals surface area contributed by atoms with Crippen molar-refractivity contribution in [1.82, 2.24) is 5.32 Å². The summed E-state index contributed by atoms with van der Waals surface area (Å²) in [5.74, 6) is -0.348. The lowest BCUT2D eigenvalue weighted by Gasteiger charge is -2.42. The summed E-state index contributed by atoms with van der Waals surface area (Å²) in [6, 6.07) is -0.864. The Hall–Kier alpha value is -0.990. The van der Waals surface area contributed by atoms with Gasteiger partial charge in [-0.3, -0.25) is 4.79 Å². The third kappa shape index (κ3) is 8.14. The van der Waals surface area contributed by atoms with Crippen molar-refractivity contribution in [3.63, 3.8) is 0 Å². The van der Waals surface area contributed by atoms with Gasteiger partial charge in [-0.2, -0.15) is 0 Å². The molecule has 0 saturated carbocycles. The van der Waals surface area contributed by atoms with Crippen LogP contribution < -0.4 is 5.32 Å². The van der Waals surface area contributed by atoms with Gasteiger partial charge in [0.1, 0.15) is 24.4 Å². The second kappa shape index (κ2) is 13.2. The van der Waals surface area contributed by atoms with Crippen LogP contribution in [0.4, 0.5) is 0 Å². The molecular formula is C19H35NO6. The summed E-state index contributed by atoms with van der Waals surface area (Å²) >= 11 is 0. The number of aliphatic hydroxyl groups is 3. The van der Waals surface area contributed by atoms with Crippen LogP contribution in [-0.4, -0.2) is 65.1 Å². The van der Waals surface area contributed by atoms with E-state index in [0.29, 0.717) is 6.61 Å². The molecule has 0 aromatic carbocycles. The Kier molecular flexibility index (Phi) is 11.7. The number of allylic oxidation sites excluding steroid dienone is 2. The Morgan fingerprint density at radius 2 is 1.77 bits per heavy atom. The highest BCUT2D eigenvalue weighted by Gasteiger charge is 2.45. The van der Waals surface area contributed by atoms with Gasteiger partial charge in [0.15, 0.2) is 6.29 Å². The smallest absolute Gasteiger partial charge is 0.217 e. The van der Waals surface area contributed by atoms with E-state index < -0.39 is 37.3 Å². The van der Waals surface area contributed by atoms with Crippen LogP contribution in [0.2, 0.25) is 0 Å². The first-order valence-electron chi connectivity index (χ1n) is 9.63. The molecule has 0 aliphatic carbocycles. The second-order valence-electron chi connectivity index (χ2n) is 6.78. The van der Waals surface area contributed by atoms with Gasteiger partial charge in [-0.25, -0.2) is 0 Å². The number of rotatable bonds is 12. The van der Waals surface area contributed by atoms with Gasteiger partial charge < -0.3 is 30.1 Å². The van der Waals surface area contributed by atoms with Gasteiger partial charge in [0.25, 0.3) is 0 Å². The normalized spacial score (nSPS) is 29.2. The molecule has 5 atom stereocenters. The zero-order valence-corrected chi connectivity index (χ0v) is 16.0. The maximum absolute atomic E-state index is 11.3. The van der Waals surface area contributed by atoms with Gasteiger partial charge in [-0.1, -0.05) is 37.8 Å². The van der Waals surface area contributed by atoms with Gasteiger partial charge in [0.2, 0.25) is 5.91 Å². The van der Waals surface area contributed by atoms with Crippen molar-refractivity contribution in [1.29, 1.82) is 0 Å². The molecule has 0 spiro atoms. The molecule has 7 nitrogen and oxygen atoms in total. The minimum atomic E-state index is -1.28. The summed E-state index contributed by atoms with van der Waals surface area (Å²) in [7, 11) is 0. The van der Waals surface area contributed by atoms with E-state index in [2.05, 4.69) is 17.5 Å². The van der Waals surface area contributed by atoms with Crippen LogP contribution in [-0.2, 0) is 14.3 Å². The van der Waals surface area contributed by atoms with Gasteiger partial charge in [-0.15, -0.1) is 0 Å².